The molecule has 2 aromatic rings. The Bertz CT molecular complexity index is 705. The average molecular weight is 342 g/mol. The topological polar surface area (TPSA) is 32.3 Å². The highest BCUT2D eigenvalue weighted by atomic mass is 35.5. The molecule has 21 heavy (non-hydrogen) atoms. The van der Waals surface area contributed by atoms with Crippen molar-refractivity contribution in [1.29, 1.82) is 0 Å². The maximum absolute atomic E-state index is 12.6. The van der Waals surface area contributed by atoms with Crippen LogP contribution in [-0.2, 0) is 4.79 Å². The maximum Gasteiger partial charge on any atom is 0.250 e. The van der Waals surface area contributed by atoms with Gasteiger partial charge >= 0.3 is 0 Å². The summed E-state index contributed by atoms with van der Waals surface area (Å²) < 4.78 is 0. The minimum atomic E-state index is -0.293. The van der Waals surface area contributed by atoms with Crippen molar-refractivity contribution in [2.24, 2.45) is 0 Å². The van der Waals surface area contributed by atoms with E-state index in [9.17, 15) is 4.79 Å². The van der Waals surface area contributed by atoms with Crippen LogP contribution in [0.15, 0.2) is 42.5 Å². The molecule has 1 fully saturated rings. The number of benzene rings is 2. The lowest BCUT2D eigenvalue weighted by molar-refractivity contribution is -0.118. The first kappa shape index (κ1) is 14.7. The lowest BCUT2D eigenvalue weighted by Crippen LogP contribution is -2.34. The van der Waals surface area contributed by atoms with Crippen LogP contribution in [0.5, 0.6) is 0 Å². The van der Waals surface area contributed by atoms with Gasteiger partial charge in [-0.15, -0.1) is 0 Å². The Morgan fingerprint density at radius 1 is 1.05 bits per heavy atom. The zero-order chi connectivity index (χ0) is 15.0. The third-order valence-electron chi connectivity index (χ3n) is 3.38. The molecule has 1 amide bonds. The van der Waals surface area contributed by atoms with E-state index < -0.39 is 0 Å². The molecule has 1 aliphatic heterocycles. The molecule has 1 unspecified atom stereocenters. The number of hydrogen-bond acceptors (Lipinski definition) is 2. The number of nitrogens with zero attached hydrogens (tertiary/aromatic N) is 1. The Morgan fingerprint density at radius 2 is 1.86 bits per heavy atom. The molecule has 0 radical (unpaired) electrons. The van der Waals surface area contributed by atoms with Gasteiger partial charge in [-0.3, -0.25) is 4.79 Å². The molecule has 0 aliphatic carbocycles. The molecule has 1 N–H and O–H groups in total. The average Bonchev–Trinajstić information content (AvgIpc) is 2.84. The van der Waals surface area contributed by atoms with Crippen LogP contribution in [0.1, 0.15) is 11.5 Å². The number of hydrogen-bond donors (Lipinski definition) is 1. The second-order valence-electron chi connectivity index (χ2n) is 4.74. The van der Waals surface area contributed by atoms with Crippen molar-refractivity contribution in [1.82, 2.24) is 5.43 Å². The van der Waals surface area contributed by atoms with Gasteiger partial charge in [0.1, 0.15) is 0 Å². The van der Waals surface area contributed by atoms with Crippen LogP contribution in [0.2, 0.25) is 15.1 Å². The molecule has 108 valence electrons. The lowest BCUT2D eigenvalue weighted by atomic mass is 9.99. The number of nitrogens with one attached hydrogen (secondary N) is 1. The van der Waals surface area contributed by atoms with Crippen LogP contribution in [0, 0.1) is 0 Å². The zero-order valence-corrected chi connectivity index (χ0v) is 13.1. The third kappa shape index (κ3) is 2.87. The second-order valence-corrected chi connectivity index (χ2v) is 5.99. The second kappa shape index (κ2) is 5.85. The largest absolute Gasteiger partial charge is 0.272 e. The predicted octanol–water partition coefficient (Wildman–Crippen LogP) is 4.28. The van der Waals surface area contributed by atoms with Crippen LogP contribution in [0.25, 0.3) is 0 Å². The molecule has 1 atom stereocenters. The van der Waals surface area contributed by atoms with Gasteiger partial charge < -0.3 is 0 Å². The first-order valence-electron chi connectivity index (χ1n) is 6.34. The summed E-state index contributed by atoms with van der Waals surface area (Å²) in [7, 11) is 0. The number of hydrazine groups is 1. The Kier molecular flexibility index (Phi) is 4.09. The van der Waals surface area contributed by atoms with Crippen molar-refractivity contribution >= 4 is 46.4 Å². The Morgan fingerprint density at radius 3 is 2.57 bits per heavy atom. The highest BCUT2D eigenvalue weighted by Crippen LogP contribution is 2.31. The Balaban J connectivity index is 1.88. The number of amides is 1. The molecule has 1 saturated heterocycles. The molecule has 0 bridgehead atoms. The summed E-state index contributed by atoms with van der Waals surface area (Å²) in [6, 6.07) is 12.4. The minimum Gasteiger partial charge on any atom is -0.272 e. The summed E-state index contributed by atoms with van der Waals surface area (Å²) in [5.41, 5.74) is 4.64. The van der Waals surface area contributed by atoms with E-state index in [0.717, 1.165) is 11.3 Å². The van der Waals surface area contributed by atoms with E-state index in [1.165, 1.54) is 5.01 Å². The van der Waals surface area contributed by atoms with Crippen LogP contribution >= 0.6 is 34.8 Å². The van der Waals surface area contributed by atoms with Gasteiger partial charge in [-0.1, -0.05) is 46.9 Å². The SMILES string of the molecule is O=C1C(c2ccc(Cl)c(Cl)c2)CNN1c1cccc(Cl)c1. The highest BCUT2D eigenvalue weighted by molar-refractivity contribution is 6.42. The van der Waals surface area contributed by atoms with E-state index in [-0.39, 0.29) is 11.8 Å². The van der Waals surface area contributed by atoms with Crippen molar-refractivity contribution in [3.63, 3.8) is 0 Å². The van der Waals surface area contributed by atoms with Crippen molar-refractivity contribution < 1.29 is 4.79 Å². The summed E-state index contributed by atoms with van der Waals surface area (Å²) in [5.74, 6) is -0.339. The monoisotopic (exact) mass is 340 g/mol. The fraction of sp³-hybridized carbons (Fsp3) is 0.133. The maximum atomic E-state index is 12.6. The fourth-order valence-electron chi connectivity index (χ4n) is 2.33. The van der Waals surface area contributed by atoms with Crippen LogP contribution in [0.4, 0.5) is 5.69 Å². The van der Waals surface area contributed by atoms with E-state index in [2.05, 4.69) is 5.43 Å². The molecular weight excluding hydrogens is 331 g/mol. The molecule has 0 aromatic heterocycles. The minimum absolute atomic E-state index is 0.0457. The standard InChI is InChI=1S/C15H11Cl3N2O/c16-10-2-1-3-11(7-10)20-15(21)12(8-19-20)9-4-5-13(17)14(18)6-9/h1-7,12,19H,8H2. The lowest BCUT2D eigenvalue weighted by Gasteiger charge is -2.16. The van der Waals surface area contributed by atoms with Gasteiger partial charge in [0.2, 0.25) is 5.91 Å². The number of halogens is 3. The normalized spacial score (nSPS) is 18.3. The van der Waals surface area contributed by atoms with Gasteiger partial charge in [-0.2, -0.15) is 0 Å². The molecule has 3 rings (SSSR count). The van der Waals surface area contributed by atoms with Crippen LogP contribution < -0.4 is 10.4 Å². The summed E-state index contributed by atoms with van der Waals surface area (Å²) in [4.78, 5) is 12.6. The predicted molar refractivity (Wildman–Crippen MR) is 86.1 cm³/mol. The van der Waals surface area contributed by atoms with Crippen LogP contribution in [0.3, 0.4) is 0 Å². The van der Waals surface area contributed by atoms with Crippen LogP contribution in [-0.4, -0.2) is 12.5 Å². The first-order chi connectivity index (χ1) is 10.1. The molecule has 2 aromatic carbocycles. The van der Waals surface area contributed by atoms with E-state index in [4.69, 9.17) is 34.8 Å². The summed E-state index contributed by atoms with van der Waals surface area (Å²) >= 11 is 17.9. The highest BCUT2D eigenvalue weighted by Gasteiger charge is 2.33. The van der Waals surface area contributed by atoms with Gasteiger partial charge in [0.05, 0.1) is 21.7 Å². The first-order valence-corrected chi connectivity index (χ1v) is 7.47. The van der Waals surface area contributed by atoms with E-state index in [0.29, 0.717) is 21.6 Å². The zero-order valence-electron chi connectivity index (χ0n) is 10.8. The number of carbonyl (C=O) groups excluding carboxylic acids is 1. The Hall–Kier alpha value is -1.26. The van der Waals surface area contributed by atoms with Crippen molar-refractivity contribution in [3.05, 3.63) is 63.1 Å². The third-order valence-corrected chi connectivity index (χ3v) is 4.36. The molecule has 6 heteroatoms. The number of carbonyl (C=O) groups is 1. The quantitative estimate of drug-likeness (QED) is 0.884. The van der Waals surface area contributed by atoms with E-state index >= 15 is 0 Å². The van der Waals surface area contributed by atoms with Gasteiger partial charge in [-0.25, -0.2) is 10.4 Å². The molecule has 0 saturated carbocycles. The van der Waals surface area contributed by atoms with E-state index in [1.807, 2.05) is 12.1 Å². The summed E-state index contributed by atoms with van der Waals surface area (Å²) in [6.07, 6.45) is 0. The molecule has 1 heterocycles. The van der Waals surface area contributed by atoms with Crippen molar-refractivity contribution in [2.45, 2.75) is 5.92 Å². The molecule has 0 spiro atoms. The van der Waals surface area contributed by atoms with Crippen molar-refractivity contribution in [2.75, 3.05) is 11.6 Å². The Labute approximate surface area is 137 Å². The molecule has 1 aliphatic rings. The molecule has 3 nitrogen and oxygen atoms in total. The van der Waals surface area contributed by atoms with E-state index in [1.54, 1.807) is 30.3 Å². The summed E-state index contributed by atoms with van der Waals surface area (Å²) in [5, 5.41) is 3.02. The smallest absolute Gasteiger partial charge is 0.250 e. The van der Waals surface area contributed by atoms with Gasteiger partial charge in [0.15, 0.2) is 0 Å². The molecular formula is C15H11Cl3N2O. The van der Waals surface area contributed by atoms with Gasteiger partial charge in [0, 0.05) is 11.6 Å². The fourth-order valence-corrected chi connectivity index (χ4v) is 2.82. The van der Waals surface area contributed by atoms with Gasteiger partial charge in [0.25, 0.3) is 0 Å². The van der Waals surface area contributed by atoms with Crippen molar-refractivity contribution in [3.8, 4) is 0 Å². The van der Waals surface area contributed by atoms with Gasteiger partial charge in [-0.05, 0) is 35.9 Å². The summed E-state index contributed by atoms with van der Waals surface area (Å²) in [6.45, 7) is 0.503. The number of rotatable bonds is 2. The number of anilines is 1.